The summed E-state index contributed by atoms with van der Waals surface area (Å²) >= 11 is 0. The average Bonchev–Trinajstić information content (AvgIpc) is 3.15. The Balaban J connectivity index is 0.00000420. The van der Waals surface area contributed by atoms with Crippen LogP contribution in [0.2, 0.25) is 0 Å². The monoisotopic (exact) mass is 522 g/mol. The summed E-state index contributed by atoms with van der Waals surface area (Å²) in [6.45, 7) is 8.63. The lowest BCUT2D eigenvalue weighted by molar-refractivity contribution is 0.0224. The maximum absolute atomic E-state index is 11.7. The highest BCUT2D eigenvalue weighted by Gasteiger charge is 2.16. The van der Waals surface area contributed by atoms with E-state index in [1.807, 2.05) is 32.9 Å². The fourth-order valence-electron chi connectivity index (χ4n) is 2.74. The summed E-state index contributed by atoms with van der Waals surface area (Å²) in [6.07, 6.45) is 5.56. The van der Waals surface area contributed by atoms with Crippen molar-refractivity contribution in [1.29, 1.82) is 0 Å². The summed E-state index contributed by atoms with van der Waals surface area (Å²) < 4.78 is 16.3. The molecule has 1 fully saturated rings. The molecule has 1 saturated heterocycles. The first-order valence-corrected chi connectivity index (χ1v) is 10.1. The number of hydrogen-bond donors (Lipinski definition) is 3. The van der Waals surface area contributed by atoms with Crippen molar-refractivity contribution in [2.24, 2.45) is 4.99 Å². The molecule has 1 unspecified atom stereocenters. The molecule has 9 heteroatoms. The van der Waals surface area contributed by atoms with Crippen LogP contribution in [0.5, 0.6) is 0 Å². The van der Waals surface area contributed by atoms with E-state index in [0.717, 1.165) is 31.6 Å². The molecule has 8 nitrogen and oxygen atoms in total. The summed E-state index contributed by atoms with van der Waals surface area (Å²) in [7, 11) is 0. The molecule has 2 rings (SSSR count). The van der Waals surface area contributed by atoms with E-state index in [-0.39, 0.29) is 30.1 Å². The predicted octanol–water partition coefficient (Wildman–Crippen LogP) is 3.07. The van der Waals surface area contributed by atoms with E-state index >= 15 is 0 Å². The molecule has 1 aromatic heterocycles. The van der Waals surface area contributed by atoms with Crippen LogP contribution in [0.1, 0.15) is 45.8 Å². The first-order chi connectivity index (χ1) is 13.4. The van der Waals surface area contributed by atoms with Gasteiger partial charge in [-0.1, -0.05) is 0 Å². The Kier molecular flexibility index (Phi) is 12.1. The van der Waals surface area contributed by atoms with Gasteiger partial charge in [0.05, 0.1) is 18.9 Å². The Labute approximate surface area is 190 Å². The number of alkyl carbamates (subject to hydrolysis) is 1. The Hall–Kier alpha value is -1.49. The van der Waals surface area contributed by atoms with Crippen LogP contribution in [0.3, 0.4) is 0 Å². The van der Waals surface area contributed by atoms with Crippen LogP contribution in [0.15, 0.2) is 27.8 Å². The molecule has 0 bridgehead atoms. The number of carbonyl (C=O) groups excluding carboxylic acids is 1. The third-order valence-electron chi connectivity index (χ3n) is 4.06. The van der Waals surface area contributed by atoms with E-state index < -0.39 is 11.7 Å². The van der Waals surface area contributed by atoms with Gasteiger partial charge in [0.2, 0.25) is 0 Å². The number of amides is 1. The molecule has 166 valence electrons. The van der Waals surface area contributed by atoms with Gasteiger partial charge in [0.1, 0.15) is 11.4 Å². The number of nitrogens with zero attached hydrogens (tertiary/aromatic N) is 1. The highest BCUT2D eigenvalue weighted by atomic mass is 127. The molecule has 29 heavy (non-hydrogen) atoms. The second-order valence-corrected chi connectivity index (χ2v) is 7.79. The molecule has 1 aliphatic heterocycles. The fraction of sp³-hybridized carbons (Fsp3) is 0.700. The minimum Gasteiger partial charge on any atom is -0.469 e. The first kappa shape index (κ1) is 25.5. The standard InChI is InChI=1S/C20H34N4O4.HI/c1-20(2,3)28-19(25)23-12-11-22-18(21-10-9-16-8-6-14-26-16)24-15-17-7-4-5-13-27-17;/h6,8,14,17H,4-5,7,9-13,15H2,1-3H3,(H,23,25)(H2,21,22,24);1H. The van der Waals surface area contributed by atoms with Gasteiger partial charge in [-0.25, -0.2) is 4.79 Å². The molecular formula is C20H35IN4O4. The third-order valence-corrected chi connectivity index (χ3v) is 4.06. The van der Waals surface area contributed by atoms with E-state index in [1.54, 1.807) is 6.26 Å². The highest BCUT2D eigenvalue weighted by Crippen LogP contribution is 2.12. The molecule has 1 atom stereocenters. The number of carbonyl (C=O) groups is 1. The van der Waals surface area contributed by atoms with Crippen LogP contribution < -0.4 is 16.0 Å². The van der Waals surface area contributed by atoms with E-state index in [1.165, 1.54) is 6.42 Å². The van der Waals surface area contributed by atoms with Gasteiger partial charge in [0.15, 0.2) is 5.96 Å². The van der Waals surface area contributed by atoms with Gasteiger partial charge in [-0.3, -0.25) is 4.99 Å². The van der Waals surface area contributed by atoms with Crippen LogP contribution >= 0.6 is 24.0 Å². The molecule has 0 saturated carbocycles. The van der Waals surface area contributed by atoms with Crippen LogP contribution in [-0.2, 0) is 15.9 Å². The van der Waals surface area contributed by atoms with E-state index in [0.29, 0.717) is 32.1 Å². The van der Waals surface area contributed by atoms with Crippen molar-refractivity contribution in [2.45, 2.75) is 58.2 Å². The number of aliphatic imine (C=N–C) groups is 1. The lowest BCUT2D eigenvalue weighted by Crippen LogP contribution is -2.43. The average molecular weight is 522 g/mol. The molecule has 1 aliphatic rings. The molecule has 0 aliphatic carbocycles. The van der Waals surface area contributed by atoms with E-state index in [9.17, 15) is 4.79 Å². The molecule has 1 aromatic rings. The summed E-state index contributed by atoms with van der Waals surface area (Å²) in [5.74, 6) is 1.63. The van der Waals surface area contributed by atoms with E-state index in [2.05, 4.69) is 20.9 Å². The topological polar surface area (TPSA) is 97.1 Å². The minimum atomic E-state index is -0.502. The fourth-order valence-corrected chi connectivity index (χ4v) is 2.74. The van der Waals surface area contributed by atoms with Gasteiger partial charge in [0.25, 0.3) is 0 Å². The maximum atomic E-state index is 11.7. The number of nitrogens with one attached hydrogen (secondary N) is 3. The number of guanidine groups is 1. The summed E-state index contributed by atoms with van der Waals surface area (Å²) in [6, 6.07) is 3.83. The number of furan rings is 1. The molecule has 0 radical (unpaired) electrons. The van der Waals surface area contributed by atoms with Crippen molar-refractivity contribution in [3.63, 3.8) is 0 Å². The second kappa shape index (κ2) is 13.7. The van der Waals surface area contributed by atoms with Crippen molar-refractivity contribution in [2.75, 3.05) is 32.8 Å². The molecule has 0 aromatic carbocycles. The van der Waals surface area contributed by atoms with Crippen LogP contribution in [0.4, 0.5) is 4.79 Å². The van der Waals surface area contributed by atoms with Crippen LogP contribution in [-0.4, -0.2) is 56.5 Å². The zero-order valence-electron chi connectivity index (χ0n) is 17.7. The highest BCUT2D eigenvalue weighted by molar-refractivity contribution is 14.0. The minimum absolute atomic E-state index is 0. The van der Waals surface area contributed by atoms with Gasteiger partial charge in [-0.15, -0.1) is 24.0 Å². The largest absolute Gasteiger partial charge is 0.469 e. The van der Waals surface area contributed by atoms with Crippen molar-refractivity contribution >= 4 is 36.0 Å². The lowest BCUT2D eigenvalue weighted by atomic mass is 10.1. The normalized spacial score (nSPS) is 17.2. The zero-order chi connectivity index (χ0) is 20.2. The van der Waals surface area contributed by atoms with Crippen LogP contribution in [0.25, 0.3) is 0 Å². The summed E-state index contributed by atoms with van der Waals surface area (Å²) in [5, 5.41) is 9.28. The molecule has 1 amide bonds. The molecule has 2 heterocycles. The Morgan fingerprint density at radius 1 is 1.21 bits per heavy atom. The van der Waals surface area contributed by atoms with Crippen molar-refractivity contribution in [1.82, 2.24) is 16.0 Å². The van der Waals surface area contributed by atoms with Gasteiger partial charge in [-0.05, 0) is 52.2 Å². The summed E-state index contributed by atoms with van der Waals surface area (Å²) in [5.41, 5.74) is -0.502. The molecule has 3 N–H and O–H groups in total. The zero-order valence-corrected chi connectivity index (χ0v) is 20.0. The van der Waals surface area contributed by atoms with Gasteiger partial charge >= 0.3 is 6.09 Å². The van der Waals surface area contributed by atoms with Crippen molar-refractivity contribution in [3.8, 4) is 0 Å². The van der Waals surface area contributed by atoms with Gasteiger partial charge in [-0.2, -0.15) is 0 Å². The molecule has 0 spiro atoms. The Morgan fingerprint density at radius 3 is 2.62 bits per heavy atom. The second-order valence-electron chi connectivity index (χ2n) is 7.79. The number of ether oxygens (including phenoxy) is 2. The van der Waals surface area contributed by atoms with Gasteiger partial charge in [0, 0.05) is 32.7 Å². The smallest absolute Gasteiger partial charge is 0.407 e. The first-order valence-electron chi connectivity index (χ1n) is 10.1. The third kappa shape index (κ3) is 11.9. The summed E-state index contributed by atoms with van der Waals surface area (Å²) in [4.78, 5) is 16.3. The SMILES string of the molecule is CC(C)(C)OC(=O)NCCNC(=NCC1CCCCO1)NCCc1ccco1.I. The van der Waals surface area contributed by atoms with Crippen LogP contribution in [0, 0.1) is 0 Å². The number of halogens is 1. The number of rotatable bonds is 8. The molecular weight excluding hydrogens is 487 g/mol. The predicted molar refractivity (Wildman–Crippen MR) is 124 cm³/mol. The maximum Gasteiger partial charge on any atom is 0.407 e. The Morgan fingerprint density at radius 2 is 1.97 bits per heavy atom. The number of hydrogen-bond acceptors (Lipinski definition) is 5. The van der Waals surface area contributed by atoms with Gasteiger partial charge < -0.3 is 29.8 Å². The van der Waals surface area contributed by atoms with Crippen molar-refractivity contribution < 1.29 is 18.7 Å². The van der Waals surface area contributed by atoms with Crippen molar-refractivity contribution in [3.05, 3.63) is 24.2 Å². The lowest BCUT2D eigenvalue weighted by Gasteiger charge is -2.22. The quantitative estimate of drug-likeness (QED) is 0.210. The van der Waals surface area contributed by atoms with E-state index in [4.69, 9.17) is 13.9 Å². The Bertz CT molecular complexity index is 596.